The van der Waals surface area contributed by atoms with Gasteiger partial charge in [-0.2, -0.15) is 0 Å². The monoisotopic (exact) mass is 399 g/mol. The Bertz CT molecular complexity index is 832. The molecule has 2 rings (SSSR count). The summed E-state index contributed by atoms with van der Waals surface area (Å²) < 4.78 is 11.0. The highest BCUT2D eigenvalue weighted by atomic mass is 16.6. The average Bonchev–Trinajstić information content (AvgIpc) is 2.64. The lowest BCUT2D eigenvalue weighted by Crippen LogP contribution is -2.34. The number of pyridine rings is 1. The molecule has 2 aromatic rings. The third-order valence-electron chi connectivity index (χ3n) is 3.83. The van der Waals surface area contributed by atoms with Crippen molar-refractivity contribution in [2.24, 2.45) is 0 Å². The number of ether oxygens (including phenoxy) is 2. The standard InChI is InChI=1S/C22H29N3O4/c1-15(28-18-9-7-6-8-10-18)13-23-20(26)19-12-11-17(25-16(19)2)14-24-21(27)29-22(3,4)5/h6-12,15H,13-14H2,1-5H3,(H,23,26)(H,24,27)/t15-/m1/s1. The molecule has 2 N–H and O–H groups in total. The van der Waals surface area contributed by atoms with Crippen molar-refractivity contribution in [3.8, 4) is 5.75 Å². The topological polar surface area (TPSA) is 89.5 Å². The fraction of sp³-hybridized carbons (Fsp3) is 0.409. The molecule has 1 aromatic heterocycles. The number of alkyl carbamates (subject to hydrolysis) is 1. The first-order valence-electron chi connectivity index (χ1n) is 9.57. The Labute approximate surface area is 171 Å². The summed E-state index contributed by atoms with van der Waals surface area (Å²) in [5.74, 6) is 0.541. The molecule has 156 valence electrons. The highest BCUT2D eigenvalue weighted by Gasteiger charge is 2.16. The van der Waals surface area contributed by atoms with Crippen LogP contribution in [0, 0.1) is 6.92 Å². The summed E-state index contributed by atoms with van der Waals surface area (Å²) in [6, 6.07) is 12.9. The van der Waals surface area contributed by atoms with Gasteiger partial charge in [0, 0.05) is 0 Å². The van der Waals surface area contributed by atoms with Gasteiger partial charge in [-0.15, -0.1) is 0 Å². The molecule has 0 spiro atoms. The largest absolute Gasteiger partial charge is 0.489 e. The van der Waals surface area contributed by atoms with E-state index in [2.05, 4.69) is 15.6 Å². The van der Waals surface area contributed by atoms with Crippen LogP contribution in [-0.2, 0) is 11.3 Å². The number of benzene rings is 1. The van der Waals surface area contributed by atoms with Crippen LogP contribution in [-0.4, -0.2) is 35.2 Å². The van der Waals surface area contributed by atoms with Crippen molar-refractivity contribution in [2.45, 2.75) is 52.9 Å². The van der Waals surface area contributed by atoms with Crippen LogP contribution in [0.2, 0.25) is 0 Å². The Kier molecular flexibility index (Phi) is 7.59. The Morgan fingerprint density at radius 3 is 2.38 bits per heavy atom. The van der Waals surface area contributed by atoms with Crippen molar-refractivity contribution in [2.75, 3.05) is 6.54 Å². The molecule has 1 heterocycles. The van der Waals surface area contributed by atoms with Crippen LogP contribution in [0.5, 0.6) is 5.75 Å². The number of hydrogen-bond acceptors (Lipinski definition) is 5. The fourth-order valence-electron chi connectivity index (χ4n) is 2.53. The lowest BCUT2D eigenvalue weighted by atomic mass is 10.1. The van der Waals surface area contributed by atoms with Crippen LogP contribution in [0.15, 0.2) is 42.5 Å². The van der Waals surface area contributed by atoms with E-state index in [1.165, 1.54) is 0 Å². The number of nitrogens with one attached hydrogen (secondary N) is 2. The van der Waals surface area contributed by atoms with Crippen LogP contribution in [0.4, 0.5) is 4.79 Å². The lowest BCUT2D eigenvalue weighted by Gasteiger charge is -2.19. The average molecular weight is 399 g/mol. The second-order valence-corrected chi connectivity index (χ2v) is 7.74. The molecular weight excluding hydrogens is 370 g/mol. The minimum atomic E-state index is -0.559. The molecule has 1 aromatic carbocycles. The summed E-state index contributed by atoms with van der Waals surface area (Å²) in [6.45, 7) is 9.64. The molecule has 29 heavy (non-hydrogen) atoms. The fourth-order valence-corrected chi connectivity index (χ4v) is 2.53. The van der Waals surface area contributed by atoms with Crippen molar-refractivity contribution in [1.82, 2.24) is 15.6 Å². The van der Waals surface area contributed by atoms with Gasteiger partial charge < -0.3 is 20.1 Å². The second kappa shape index (κ2) is 9.91. The summed E-state index contributed by atoms with van der Waals surface area (Å²) in [7, 11) is 0. The van der Waals surface area contributed by atoms with Gasteiger partial charge in [0.2, 0.25) is 0 Å². The molecule has 1 atom stereocenters. The quantitative estimate of drug-likeness (QED) is 0.742. The third-order valence-corrected chi connectivity index (χ3v) is 3.83. The third kappa shape index (κ3) is 7.81. The molecule has 7 heteroatoms. The maximum absolute atomic E-state index is 12.5. The van der Waals surface area contributed by atoms with Gasteiger partial charge in [-0.1, -0.05) is 18.2 Å². The summed E-state index contributed by atoms with van der Waals surface area (Å²) in [5, 5.41) is 5.52. The van der Waals surface area contributed by atoms with Gasteiger partial charge in [-0.3, -0.25) is 9.78 Å². The number of hydrogen-bond donors (Lipinski definition) is 2. The predicted octanol–water partition coefficient (Wildman–Crippen LogP) is 3.61. The maximum Gasteiger partial charge on any atom is 0.407 e. The van der Waals surface area contributed by atoms with Crippen molar-refractivity contribution < 1.29 is 19.1 Å². The summed E-state index contributed by atoms with van der Waals surface area (Å²) in [6.07, 6.45) is -0.682. The van der Waals surface area contributed by atoms with Gasteiger partial charge in [0.05, 0.1) is 30.0 Å². The zero-order chi connectivity index (χ0) is 21.4. The summed E-state index contributed by atoms with van der Waals surface area (Å²) in [5.41, 5.74) is 1.16. The smallest absolute Gasteiger partial charge is 0.407 e. The second-order valence-electron chi connectivity index (χ2n) is 7.74. The molecule has 7 nitrogen and oxygen atoms in total. The minimum absolute atomic E-state index is 0.174. The van der Waals surface area contributed by atoms with Gasteiger partial charge in [-0.25, -0.2) is 4.79 Å². The molecule has 0 aliphatic heterocycles. The number of carbonyl (C=O) groups is 2. The molecule has 0 fully saturated rings. The Balaban J connectivity index is 1.85. The maximum atomic E-state index is 12.5. The van der Waals surface area contributed by atoms with Crippen LogP contribution in [0.3, 0.4) is 0 Å². The van der Waals surface area contributed by atoms with Gasteiger partial charge in [-0.05, 0) is 58.9 Å². The van der Waals surface area contributed by atoms with Gasteiger partial charge >= 0.3 is 6.09 Å². The first-order chi connectivity index (χ1) is 13.6. The van der Waals surface area contributed by atoms with Crippen molar-refractivity contribution >= 4 is 12.0 Å². The molecule has 0 aliphatic carbocycles. The van der Waals surface area contributed by atoms with Crippen LogP contribution in [0.1, 0.15) is 49.4 Å². The van der Waals surface area contributed by atoms with Crippen molar-refractivity contribution in [3.05, 3.63) is 59.4 Å². The normalized spacial score (nSPS) is 12.0. The highest BCUT2D eigenvalue weighted by Crippen LogP contribution is 2.11. The first kappa shape index (κ1) is 22.2. The van der Waals surface area contributed by atoms with E-state index in [1.807, 2.05) is 37.3 Å². The number of aromatic nitrogens is 1. The van der Waals surface area contributed by atoms with Gasteiger partial charge in [0.1, 0.15) is 17.5 Å². The highest BCUT2D eigenvalue weighted by molar-refractivity contribution is 5.95. The number of nitrogens with zero attached hydrogens (tertiary/aromatic N) is 1. The van der Waals surface area contributed by atoms with E-state index in [0.29, 0.717) is 23.5 Å². The number of amides is 2. The van der Waals surface area contributed by atoms with E-state index in [0.717, 1.165) is 5.75 Å². The van der Waals surface area contributed by atoms with E-state index in [-0.39, 0.29) is 18.6 Å². The molecular formula is C22H29N3O4. The number of carbonyl (C=O) groups excluding carboxylic acids is 2. The van der Waals surface area contributed by atoms with E-state index < -0.39 is 11.7 Å². The van der Waals surface area contributed by atoms with E-state index in [1.54, 1.807) is 39.8 Å². The van der Waals surface area contributed by atoms with E-state index >= 15 is 0 Å². The van der Waals surface area contributed by atoms with E-state index in [9.17, 15) is 9.59 Å². The van der Waals surface area contributed by atoms with Crippen LogP contribution >= 0.6 is 0 Å². The lowest BCUT2D eigenvalue weighted by molar-refractivity contribution is 0.0522. The molecule has 0 unspecified atom stereocenters. The molecule has 0 saturated heterocycles. The molecule has 0 saturated carbocycles. The zero-order valence-electron chi connectivity index (χ0n) is 17.6. The van der Waals surface area contributed by atoms with E-state index in [4.69, 9.17) is 9.47 Å². The Morgan fingerprint density at radius 1 is 1.07 bits per heavy atom. The molecule has 0 bridgehead atoms. The van der Waals surface area contributed by atoms with Crippen molar-refractivity contribution in [1.29, 1.82) is 0 Å². The number of rotatable bonds is 7. The summed E-state index contributed by atoms with van der Waals surface area (Å²) in [4.78, 5) is 28.6. The SMILES string of the molecule is Cc1nc(CNC(=O)OC(C)(C)C)ccc1C(=O)NC[C@@H](C)Oc1ccccc1. The first-order valence-corrected chi connectivity index (χ1v) is 9.57. The van der Waals surface area contributed by atoms with Gasteiger partial charge in [0.15, 0.2) is 0 Å². The van der Waals surface area contributed by atoms with Gasteiger partial charge in [0.25, 0.3) is 5.91 Å². The number of para-hydroxylation sites is 1. The van der Waals surface area contributed by atoms with Crippen molar-refractivity contribution in [3.63, 3.8) is 0 Å². The molecule has 0 radical (unpaired) electrons. The number of aryl methyl sites for hydroxylation is 1. The minimum Gasteiger partial charge on any atom is -0.489 e. The Morgan fingerprint density at radius 2 is 1.76 bits per heavy atom. The van der Waals surface area contributed by atoms with Crippen LogP contribution < -0.4 is 15.4 Å². The van der Waals surface area contributed by atoms with Crippen LogP contribution in [0.25, 0.3) is 0 Å². The summed E-state index contributed by atoms with van der Waals surface area (Å²) >= 11 is 0. The molecule has 0 aliphatic rings. The molecule has 2 amide bonds. The Hall–Kier alpha value is -3.09. The zero-order valence-corrected chi connectivity index (χ0v) is 17.6. The predicted molar refractivity (Wildman–Crippen MR) is 111 cm³/mol.